The number of nitrogens with two attached hydrogens (primary N) is 2. The van der Waals surface area contributed by atoms with E-state index >= 15 is 0 Å². The number of hydrogen-bond acceptors (Lipinski definition) is 3. The van der Waals surface area contributed by atoms with Crippen LogP contribution in [0.15, 0.2) is 17.0 Å². The molecule has 0 fully saturated rings. The monoisotopic (exact) mass is 181 g/mol. The fraction of sp³-hybridized carbons (Fsp3) is 0.125. The molecule has 0 spiro atoms. The van der Waals surface area contributed by atoms with Crippen molar-refractivity contribution in [2.45, 2.75) is 6.54 Å². The predicted molar refractivity (Wildman–Crippen MR) is 54.6 cm³/mol. The van der Waals surface area contributed by atoms with Crippen molar-refractivity contribution in [3.05, 3.63) is 22.4 Å². The van der Waals surface area contributed by atoms with Gasteiger partial charge in [0, 0.05) is 12.1 Å². The van der Waals surface area contributed by atoms with Crippen LogP contribution in [0.5, 0.6) is 0 Å². The van der Waals surface area contributed by atoms with Crippen LogP contribution in [0.2, 0.25) is 0 Å². The maximum Gasteiger partial charge on any atom is 0.0871 e. The lowest BCUT2D eigenvalue weighted by molar-refractivity contribution is 1.08. The van der Waals surface area contributed by atoms with E-state index in [2.05, 4.69) is 11.6 Å². The molecule has 1 heterocycles. The zero-order valence-corrected chi connectivity index (χ0v) is 7.47. The molecule has 0 aliphatic rings. The van der Waals surface area contributed by atoms with E-state index in [0.29, 0.717) is 6.54 Å². The maximum atomic E-state index is 5.51. The van der Waals surface area contributed by atoms with Crippen LogP contribution in [0.4, 0.5) is 5.69 Å². The first-order valence-corrected chi connectivity index (χ1v) is 4.38. The van der Waals surface area contributed by atoms with E-state index in [4.69, 9.17) is 11.5 Å². The lowest BCUT2D eigenvalue weighted by atomic mass is 10.2. The predicted octanol–water partition coefficient (Wildman–Crippen LogP) is 1.47. The molecule has 12 heavy (non-hydrogen) atoms. The third-order valence-electron chi connectivity index (χ3n) is 1.47. The van der Waals surface area contributed by atoms with E-state index in [0.717, 1.165) is 16.1 Å². The van der Waals surface area contributed by atoms with Gasteiger partial charge in [-0.2, -0.15) is 0 Å². The molecular formula is C8H11N3S. The molecule has 1 rings (SSSR count). The Morgan fingerprint density at radius 2 is 2.42 bits per heavy atom. The molecule has 0 radical (unpaired) electrons. The lowest BCUT2D eigenvalue weighted by Crippen LogP contribution is -1.95. The third kappa shape index (κ3) is 1.54. The van der Waals surface area contributed by atoms with Gasteiger partial charge in [0.15, 0.2) is 0 Å². The van der Waals surface area contributed by atoms with Gasteiger partial charge in [-0.1, -0.05) is 6.58 Å². The maximum absolute atomic E-state index is 5.51. The summed E-state index contributed by atoms with van der Waals surface area (Å²) in [5, 5.41) is 1.97. The number of aliphatic imine (C=N–C) groups is 1. The van der Waals surface area contributed by atoms with E-state index in [9.17, 15) is 0 Å². The van der Waals surface area contributed by atoms with Crippen molar-refractivity contribution >= 4 is 29.4 Å². The lowest BCUT2D eigenvalue weighted by Gasteiger charge is -1.94. The van der Waals surface area contributed by atoms with Crippen LogP contribution in [-0.4, -0.2) is 6.34 Å². The minimum absolute atomic E-state index is 0.483. The number of nitrogens with zero attached hydrogens (tertiary/aromatic N) is 1. The highest BCUT2D eigenvalue weighted by Gasteiger charge is 2.05. The summed E-state index contributed by atoms with van der Waals surface area (Å²) in [6, 6.07) is 0. The van der Waals surface area contributed by atoms with Crippen LogP contribution in [0.1, 0.15) is 10.4 Å². The number of rotatable bonds is 3. The Kier molecular flexibility index (Phi) is 3.01. The van der Waals surface area contributed by atoms with Crippen molar-refractivity contribution in [1.29, 1.82) is 0 Å². The van der Waals surface area contributed by atoms with Gasteiger partial charge in [0.1, 0.15) is 0 Å². The van der Waals surface area contributed by atoms with Gasteiger partial charge >= 0.3 is 0 Å². The Balaban J connectivity index is 3.15. The van der Waals surface area contributed by atoms with Crippen molar-refractivity contribution in [1.82, 2.24) is 0 Å². The highest BCUT2D eigenvalue weighted by molar-refractivity contribution is 7.11. The SMILES string of the molecule is C=Cc1scc(CN)c1N=CN. The summed E-state index contributed by atoms with van der Waals surface area (Å²) in [6.45, 7) is 4.16. The van der Waals surface area contributed by atoms with Crippen molar-refractivity contribution in [3.8, 4) is 0 Å². The van der Waals surface area contributed by atoms with Crippen molar-refractivity contribution < 1.29 is 0 Å². The average molecular weight is 181 g/mol. The summed E-state index contributed by atoms with van der Waals surface area (Å²) in [4.78, 5) is 5.03. The molecule has 0 aliphatic carbocycles. The Bertz CT molecular complexity index is 301. The van der Waals surface area contributed by atoms with E-state index in [1.807, 2.05) is 5.38 Å². The van der Waals surface area contributed by atoms with Crippen LogP contribution in [0.25, 0.3) is 6.08 Å². The molecule has 0 aliphatic heterocycles. The molecule has 1 aromatic heterocycles. The first kappa shape index (κ1) is 8.96. The van der Waals surface area contributed by atoms with Gasteiger partial charge in [0.2, 0.25) is 0 Å². The molecule has 4 N–H and O–H groups in total. The topological polar surface area (TPSA) is 64.4 Å². The van der Waals surface area contributed by atoms with Gasteiger partial charge in [0.05, 0.1) is 16.9 Å². The second kappa shape index (κ2) is 4.04. The van der Waals surface area contributed by atoms with Crippen molar-refractivity contribution in [2.24, 2.45) is 16.5 Å². The molecule has 3 nitrogen and oxygen atoms in total. The summed E-state index contributed by atoms with van der Waals surface area (Å²) in [5.74, 6) is 0. The minimum Gasteiger partial charge on any atom is -0.390 e. The van der Waals surface area contributed by atoms with Crippen molar-refractivity contribution in [3.63, 3.8) is 0 Å². The summed E-state index contributed by atoms with van der Waals surface area (Å²) in [6.07, 6.45) is 3.03. The molecule has 0 amide bonds. The molecule has 0 atom stereocenters. The van der Waals surface area contributed by atoms with Crippen LogP contribution >= 0.6 is 11.3 Å². The van der Waals surface area contributed by atoms with E-state index in [-0.39, 0.29) is 0 Å². The summed E-state index contributed by atoms with van der Waals surface area (Å²) in [5.41, 5.74) is 12.6. The molecule has 64 valence electrons. The third-order valence-corrected chi connectivity index (χ3v) is 2.49. The molecular weight excluding hydrogens is 170 g/mol. The van der Waals surface area contributed by atoms with Gasteiger partial charge in [-0.15, -0.1) is 11.3 Å². The largest absolute Gasteiger partial charge is 0.390 e. The smallest absolute Gasteiger partial charge is 0.0871 e. The first-order valence-electron chi connectivity index (χ1n) is 3.50. The van der Waals surface area contributed by atoms with Crippen LogP contribution in [0.3, 0.4) is 0 Å². The van der Waals surface area contributed by atoms with Gasteiger partial charge in [0.25, 0.3) is 0 Å². The first-order chi connectivity index (χ1) is 5.83. The van der Waals surface area contributed by atoms with Crippen LogP contribution in [-0.2, 0) is 6.54 Å². The van der Waals surface area contributed by atoms with E-state index in [1.54, 1.807) is 17.4 Å². The van der Waals surface area contributed by atoms with Gasteiger partial charge in [-0.25, -0.2) is 4.99 Å². The van der Waals surface area contributed by atoms with Crippen molar-refractivity contribution in [2.75, 3.05) is 0 Å². The fourth-order valence-electron chi connectivity index (χ4n) is 0.915. The van der Waals surface area contributed by atoms with Gasteiger partial charge < -0.3 is 11.5 Å². The normalized spacial score (nSPS) is 10.8. The molecule has 0 saturated carbocycles. The molecule has 0 aromatic carbocycles. The summed E-state index contributed by atoms with van der Waals surface area (Å²) in [7, 11) is 0. The van der Waals surface area contributed by atoms with Gasteiger partial charge in [-0.3, -0.25) is 0 Å². The highest BCUT2D eigenvalue weighted by Crippen LogP contribution is 2.31. The minimum atomic E-state index is 0.483. The highest BCUT2D eigenvalue weighted by atomic mass is 32.1. The zero-order chi connectivity index (χ0) is 8.97. The van der Waals surface area contributed by atoms with E-state index in [1.165, 1.54) is 6.34 Å². The summed E-state index contributed by atoms with van der Waals surface area (Å²) < 4.78 is 0. The standard InChI is InChI=1S/C8H11N3S/c1-2-7-8(11-5-10)6(3-9)4-12-7/h2,4-5H,1,3,9H2,(H2,10,11). The molecule has 0 bridgehead atoms. The Morgan fingerprint density at radius 3 is 2.92 bits per heavy atom. The summed E-state index contributed by atoms with van der Waals surface area (Å²) >= 11 is 1.57. The fourth-order valence-corrected chi connectivity index (χ4v) is 1.78. The molecule has 0 unspecified atom stereocenters. The number of thiophene rings is 1. The second-order valence-electron chi connectivity index (χ2n) is 2.16. The van der Waals surface area contributed by atoms with E-state index < -0.39 is 0 Å². The molecule has 1 aromatic rings. The molecule has 4 heteroatoms. The average Bonchev–Trinajstić information content (AvgIpc) is 2.48. The van der Waals surface area contributed by atoms with Crippen LogP contribution in [0, 0.1) is 0 Å². The van der Waals surface area contributed by atoms with Gasteiger partial charge in [-0.05, 0) is 11.5 Å². The molecule has 0 saturated heterocycles. The zero-order valence-electron chi connectivity index (χ0n) is 6.66. The quantitative estimate of drug-likeness (QED) is 0.548. The number of hydrogen-bond donors (Lipinski definition) is 2. The van der Waals surface area contributed by atoms with Crippen LogP contribution < -0.4 is 11.5 Å². The second-order valence-corrected chi connectivity index (χ2v) is 3.07. The Morgan fingerprint density at radius 1 is 1.67 bits per heavy atom. The Hall–Kier alpha value is -1.13. The Labute approximate surface area is 75.4 Å².